The molecule has 0 saturated heterocycles. The molecule has 0 heterocycles. The van der Waals surface area contributed by atoms with Crippen molar-refractivity contribution in [2.24, 2.45) is 5.92 Å². The standard InChI is InChI=1S/C16H27NO/c1-6-13(5)18-15-10-8-9-14(11-15)17-16(7-2)12(3)4/h8-13,16-17H,6-7H2,1-5H3. The minimum Gasteiger partial charge on any atom is -0.491 e. The van der Waals surface area contributed by atoms with E-state index < -0.39 is 0 Å². The SMILES string of the molecule is CCC(C)Oc1cccc(NC(CC)C(C)C)c1. The van der Waals surface area contributed by atoms with Gasteiger partial charge in [-0.3, -0.25) is 0 Å². The van der Waals surface area contributed by atoms with Crippen molar-refractivity contribution < 1.29 is 4.74 Å². The first kappa shape index (κ1) is 14.9. The van der Waals surface area contributed by atoms with E-state index >= 15 is 0 Å². The van der Waals surface area contributed by atoms with Crippen LogP contribution in [0.25, 0.3) is 0 Å². The van der Waals surface area contributed by atoms with Crippen LogP contribution in [-0.2, 0) is 0 Å². The molecule has 2 unspecified atom stereocenters. The minimum absolute atomic E-state index is 0.271. The second-order valence-electron chi connectivity index (χ2n) is 5.27. The highest BCUT2D eigenvalue weighted by molar-refractivity contribution is 5.49. The predicted octanol–water partition coefficient (Wildman–Crippen LogP) is 4.71. The van der Waals surface area contributed by atoms with Gasteiger partial charge in [0.1, 0.15) is 5.75 Å². The average Bonchev–Trinajstić information content (AvgIpc) is 2.35. The minimum atomic E-state index is 0.271. The van der Waals surface area contributed by atoms with Gasteiger partial charge in [-0.05, 0) is 37.8 Å². The fourth-order valence-electron chi connectivity index (χ4n) is 1.93. The van der Waals surface area contributed by atoms with Crippen LogP contribution in [0, 0.1) is 5.92 Å². The molecule has 0 radical (unpaired) electrons. The molecular weight excluding hydrogens is 222 g/mol. The van der Waals surface area contributed by atoms with Crippen LogP contribution in [0.2, 0.25) is 0 Å². The molecule has 102 valence electrons. The maximum Gasteiger partial charge on any atom is 0.121 e. The predicted molar refractivity (Wildman–Crippen MR) is 79.4 cm³/mol. The first-order chi connectivity index (χ1) is 8.56. The molecule has 2 atom stereocenters. The molecule has 18 heavy (non-hydrogen) atoms. The van der Waals surface area contributed by atoms with Crippen LogP contribution < -0.4 is 10.1 Å². The molecule has 0 bridgehead atoms. The van der Waals surface area contributed by atoms with E-state index in [1.165, 1.54) is 0 Å². The molecular formula is C16H27NO. The topological polar surface area (TPSA) is 21.3 Å². The smallest absolute Gasteiger partial charge is 0.121 e. The molecule has 2 nitrogen and oxygen atoms in total. The van der Waals surface area contributed by atoms with Crippen LogP contribution in [0.3, 0.4) is 0 Å². The highest BCUT2D eigenvalue weighted by Gasteiger charge is 2.11. The van der Waals surface area contributed by atoms with Crippen molar-refractivity contribution >= 4 is 5.69 Å². The lowest BCUT2D eigenvalue weighted by atomic mass is 10.0. The molecule has 0 saturated carbocycles. The van der Waals surface area contributed by atoms with Crippen molar-refractivity contribution in [2.45, 2.75) is 59.6 Å². The third-order valence-corrected chi connectivity index (χ3v) is 3.34. The lowest BCUT2D eigenvalue weighted by Crippen LogP contribution is -2.24. The van der Waals surface area contributed by atoms with E-state index in [-0.39, 0.29) is 6.10 Å². The highest BCUT2D eigenvalue weighted by atomic mass is 16.5. The molecule has 1 N–H and O–H groups in total. The summed E-state index contributed by atoms with van der Waals surface area (Å²) in [5, 5.41) is 3.58. The van der Waals surface area contributed by atoms with E-state index in [1.807, 2.05) is 12.1 Å². The third-order valence-electron chi connectivity index (χ3n) is 3.34. The fourth-order valence-corrected chi connectivity index (χ4v) is 1.93. The van der Waals surface area contributed by atoms with Gasteiger partial charge in [0.25, 0.3) is 0 Å². The molecule has 2 heteroatoms. The molecule has 0 spiro atoms. The Kier molecular flexibility index (Phi) is 6.03. The quantitative estimate of drug-likeness (QED) is 0.755. The van der Waals surface area contributed by atoms with Crippen LogP contribution in [0.5, 0.6) is 5.75 Å². The van der Waals surface area contributed by atoms with Crippen molar-refractivity contribution in [2.75, 3.05) is 5.32 Å². The summed E-state index contributed by atoms with van der Waals surface area (Å²) in [6.07, 6.45) is 2.43. The molecule has 1 rings (SSSR count). The van der Waals surface area contributed by atoms with Gasteiger partial charge < -0.3 is 10.1 Å². The van der Waals surface area contributed by atoms with Crippen LogP contribution in [0.1, 0.15) is 47.5 Å². The first-order valence-corrected chi connectivity index (χ1v) is 7.10. The van der Waals surface area contributed by atoms with E-state index in [2.05, 4.69) is 52.1 Å². The largest absolute Gasteiger partial charge is 0.491 e. The number of hydrogen-bond acceptors (Lipinski definition) is 2. The van der Waals surface area contributed by atoms with Gasteiger partial charge in [0.15, 0.2) is 0 Å². The van der Waals surface area contributed by atoms with Crippen LogP contribution in [0.4, 0.5) is 5.69 Å². The Labute approximate surface area is 112 Å². The van der Waals surface area contributed by atoms with E-state index in [1.54, 1.807) is 0 Å². The van der Waals surface area contributed by atoms with Gasteiger partial charge in [-0.2, -0.15) is 0 Å². The zero-order valence-electron chi connectivity index (χ0n) is 12.4. The zero-order valence-corrected chi connectivity index (χ0v) is 12.4. The number of rotatable bonds is 7. The van der Waals surface area contributed by atoms with Crippen LogP contribution in [0.15, 0.2) is 24.3 Å². The summed E-state index contributed by atoms with van der Waals surface area (Å²) >= 11 is 0. The maximum absolute atomic E-state index is 5.84. The van der Waals surface area contributed by atoms with Gasteiger partial charge in [-0.1, -0.05) is 33.8 Å². The summed E-state index contributed by atoms with van der Waals surface area (Å²) in [4.78, 5) is 0. The van der Waals surface area contributed by atoms with Crippen LogP contribution >= 0.6 is 0 Å². The molecule has 0 fully saturated rings. The number of ether oxygens (including phenoxy) is 1. The fraction of sp³-hybridized carbons (Fsp3) is 0.625. The van der Waals surface area contributed by atoms with E-state index in [4.69, 9.17) is 4.74 Å². The average molecular weight is 249 g/mol. The van der Waals surface area contributed by atoms with Gasteiger partial charge in [0.05, 0.1) is 6.10 Å². The molecule has 0 aromatic heterocycles. The monoisotopic (exact) mass is 249 g/mol. The first-order valence-electron chi connectivity index (χ1n) is 7.10. The van der Waals surface area contributed by atoms with Gasteiger partial charge >= 0.3 is 0 Å². The Hall–Kier alpha value is -1.18. The summed E-state index contributed by atoms with van der Waals surface area (Å²) in [6.45, 7) is 11.0. The highest BCUT2D eigenvalue weighted by Crippen LogP contribution is 2.21. The Morgan fingerprint density at radius 1 is 1.11 bits per heavy atom. The number of benzene rings is 1. The lowest BCUT2D eigenvalue weighted by molar-refractivity contribution is 0.217. The maximum atomic E-state index is 5.84. The summed E-state index contributed by atoms with van der Waals surface area (Å²) < 4.78 is 5.84. The second kappa shape index (κ2) is 7.30. The van der Waals surface area contributed by atoms with Gasteiger partial charge in [0.2, 0.25) is 0 Å². The molecule has 0 amide bonds. The third kappa shape index (κ3) is 4.59. The van der Waals surface area contributed by atoms with Crippen molar-refractivity contribution in [3.8, 4) is 5.75 Å². The molecule has 0 aliphatic rings. The summed E-state index contributed by atoms with van der Waals surface area (Å²) in [7, 11) is 0. The molecule has 0 aliphatic carbocycles. The second-order valence-corrected chi connectivity index (χ2v) is 5.27. The van der Waals surface area contributed by atoms with Crippen molar-refractivity contribution in [3.05, 3.63) is 24.3 Å². The lowest BCUT2D eigenvalue weighted by Gasteiger charge is -2.22. The van der Waals surface area contributed by atoms with Crippen molar-refractivity contribution in [1.29, 1.82) is 0 Å². The van der Waals surface area contributed by atoms with Gasteiger partial charge in [0, 0.05) is 17.8 Å². The molecule has 0 aliphatic heterocycles. The number of hydrogen-bond donors (Lipinski definition) is 1. The normalized spacial score (nSPS) is 14.3. The number of anilines is 1. The number of nitrogens with one attached hydrogen (secondary N) is 1. The van der Waals surface area contributed by atoms with Crippen molar-refractivity contribution in [1.82, 2.24) is 0 Å². The van der Waals surface area contributed by atoms with Gasteiger partial charge in [-0.15, -0.1) is 0 Å². The van der Waals surface area contributed by atoms with Crippen LogP contribution in [-0.4, -0.2) is 12.1 Å². The molecule has 1 aromatic carbocycles. The van der Waals surface area contributed by atoms with E-state index in [0.29, 0.717) is 12.0 Å². The Morgan fingerprint density at radius 2 is 1.83 bits per heavy atom. The Bertz CT molecular complexity index is 349. The van der Waals surface area contributed by atoms with E-state index in [0.717, 1.165) is 24.3 Å². The summed E-state index contributed by atoms with van der Waals surface area (Å²) in [6, 6.07) is 8.79. The van der Waals surface area contributed by atoms with E-state index in [9.17, 15) is 0 Å². The Morgan fingerprint density at radius 3 is 2.39 bits per heavy atom. The van der Waals surface area contributed by atoms with Crippen molar-refractivity contribution in [3.63, 3.8) is 0 Å². The summed E-state index contributed by atoms with van der Waals surface area (Å²) in [5.74, 6) is 1.59. The Balaban J connectivity index is 2.69. The summed E-state index contributed by atoms with van der Waals surface area (Å²) in [5.41, 5.74) is 1.15. The zero-order chi connectivity index (χ0) is 13.5. The molecule has 1 aromatic rings. The van der Waals surface area contributed by atoms with Gasteiger partial charge in [-0.25, -0.2) is 0 Å².